The number of aryl methyl sites for hydroxylation is 1. The second-order valence-corrected chi connectivity index (χ2v) is 8.00. The van der Waals surface area contributed by atoms with Crippen molar-refractivity contribution in [1.29, 1.82) is 0 Å². The zero-order valence-corrected chi connectivity index (χ0v) is 18.5. The van der Waals surface area contributed by atoms with Gasteiger partial charge >= 0.3 is 0 Å². The van der Waals surface area contributed by atoms with E-state index in [1.807, 2.05) is 55.1 Å². The highest BCUT2D eigenvalue weighted by atomic mass is 35.5. The third kappa shape index (κ3) is 7.30. The number of nitrogens with two attached hydrogens (primary N) is 1. The van der Waals surface area contributed by atoms with Gasteiger partial charge in [-0.25, -0.2) is 0 Å². The van der Waals surface area contributed by atoms with Gasteiger partial charge in [-0.05, 0) is 36.6 Å². The van der Waals surface area contributed by atoms with E-state index >= 15 is 0 Å². The lowest BCUT2D eigenvalue weighted by atomic mass is 10.1. The lowest BCUT2D eigenvalue weighted by Gasteiger charge is -2.26. The largest absolute Gasteiger partial charge is 0.324 e. The summed E-state index contributed by atoms with van der Waals surface area (Å²) in [5, 5.41) is 2.91. The first-order valence-electron chi connectivity index (χ1n) is 9.14. The molecular formula is C21H29Cl2N3OS. The van der Waals surface area contributed by atoms with Crippen molar-refractivity contribution in [3.8, 4) is 0 Å². The molecule has 28 heavy (non-hydrogen) atoms. The summed E-state index contributed by atoms with van der Waals surface area (Å²) in [5.41, 5.74) is 10.1. The minimum atomic E-state index is -0.660. The summed E-state index contributed by atoms with van der Waals surface area (Å²) in [7, 11) is 0. The first kappa shape index (κ1) is 24.8. The molecule has 0 radical (unpaired) electrons. The monoisotopic (exact) mass is 441 g/mol. The van der Waals surface area contributed by atoms with Crippen molar-refractivity contribution in [1.82, 2.24) is 4.90 Å². The molecule has 7 heteroatoms. The van der Waals surface area contributed by atoms with Crippen molar-refractivity contribution in [2.45, 2.75) is 19.4 Å². The molecule has 1 fully saturated rings. The lowest BCUT2D eigenvalue weighted by Crippen LogP contribution is -2.34. The number of halogens is 2. The van der Waals surface area contributed by atoms with Crippen molar-refractivity contribution < 1.29 is 4.79 Å². The van der Waals surface area contributed by atoms with Crippen LogP contribution in [0.15, 0.2) is 48.5 Å². The number of hydrogen-bond acceptors (Lipinski definition) is 4. The Kier molecular flexibility index (Phi) is 10.9. The van der Waals surface area contributed by atoms with E-state index in [2.05, 4.69) is 22.3 Å². The van der Waals surface area contributed by atoms with Gasteiger partial charge in [0, 0.05) is 36.8 Å². The summed E-state index contributed by atoms with van der Waals surface area (Å²) in [6.07, 6.45) is 1.04. The average Bonchev–Trinajstić information content (AvgIpc) is 2.68. The standard InChI is InChI=1S/C21H27N3OS.2ClH/c1-16-2-6-18(7-3-16)20(22)21(25)23-19-8-4-17(5-9-19)10-11-24-12-14-26-15-13-24;;/h2-9,20H,10-15,22H2,1H3,(H,23,25);2*1H. The maximum Gasteiger partial charge on any atom is 0.245 e. The number of hydrogen-bond donors (Lipinski definition) is 2. The maximum atomic E-state index is 12.4. The van der Waals surface area contributed by atoms with Crippen LogP contribution < -0.4 is 11.1 Å². The smallest absolute Gasteiger partial charge is 0.245 e. The first-order valence-corrected chi connectivity index (χ1v) is 10.3. The molecule has 1 aliphatic rings. The van der Waals surface area contributed by atoms with Crippen LogP contribution in [0.5, 0.6) is 0 Å². The summed E-state index contributed by atoms with van der Waals surface area (Å²) in [6.45, 7) is 5.50. The molecule has 0 spiro atoms. The van der Waals surface area contributed by atoms with Crippen molar-refractivity contribution in [3.05, 3.63) is 65.2 Å². The number of benzene rings is 2. The molecule has 3 N–H and O–H groups in total. The maximum absolute atomic E-state index is 12.4. The van der Waals surface area contributed by atoms with Crippen LogP contribution >= 0.6 is 36.6 Å². The van der Waals surface area contributed by atoms with Gasteiger partial charge < -0.3 is 16.0 Å². The van der Waals surface area contributed by atoms with E-state index in [9.17, 15) is 4.79 Å². The van der Waals surface area contributed by atoms with Crippen LogP contribution in [0.4, 0.5) is 5.69 Å². The molecule has 2 aromatic carbocycles. The minimum Gasteiger partial charge on any atom is -0.324 e. The zero-order valence-electron chi connectivity index (χ0n) is 16.1. The number of rotatable bonds is 6. The van der Waals surface area contributed by atoms with Crippen LogP contribution in [0, 0.1) is 6.92 Å². The van der Waals surface area contributed by atoms with E-state index in [1.54, 1.807) is 0 Å². The van der Waals surface area contributed by atoms with Gasteiger partial charge in [-0.15, -0.1) is 24.8 Å². The zero-order chi connectivity index (χ0) is 18.4. The Morgan fingerprint density at radius 2 is 1.68 bits per heavy atom. The number of carbonyl (C=O) groups is 1. The Morgan fingerprint density at radius 3 is 2.29 bits per heavy atom. The number of nitrogens with zero attached hydrogens (tertiary/aromatic N) is 1. The molecule has 0 aromatic heterocycles. The Hall–Kier alpha value is -1.24. The molecule has 2 aromatic rings. The summed E-state index contributed by atoms with van der Waals surface area (Å²) in [6, 6.07) is 15.2. The van der Waals surface area contributed by atoms with E-state index in [1.165, 1.54) is 30.2 Å². The van der Waals surface area contributed by atoms with Gasteiger partial charge in [-0.1, -0.05) is 42.0 Å². The number of carbonyl (C=O) groups excluding carboxylic acids is 1. The number of thioether (sulfide) groups is 1. The Bertz CT molecular complexity index is 719. The van der Waals surface area contributed by atoms with Crippen molar-refractivity contribution >= 4 is 48.2 Å². The van der Waals surface area contributed by atoms with Crippen LogP contribution in [0.25, 0.3) is 0 Å². The van der Waals surface area contributed by atoms with Gasteiger partial charge in [0.25, 0.3) is 0 Å². The normalized spacial score (nSPS) is 15.1. The molecule has 1 aliphatic heterocycles. The molecule has 1 heterocycles. The van der Waals surface area contributed by atoms with Gasteiger partial charge in [0.15, 0.2) is 0 Å². The van der Waals surface area contributed by atoms with Crippen molar-refractivity contribution in [3.63, 3.8) is 0 Å². The molecule has 0 bridgehead atoms. The van der Waals surface area contributed by atoms with Crippen LogP contribution in [0.1, 0.15) is 22.7 Å². The molecule has 1 unspecified atom stereocenters. The second kappa shape index (κ2) is 12.3. The van der Waals surface area contributed by atoms with Gasteiger partial charge in [0.2, 0.25) is 5.91 Å². The van der Waals surface area contributed by atoms with Crippen molar-refractivity contribution in [2.75, 3.05) is 36.5 Å². The highest BCUT2D eigenvalue weighted by molar-refractivity contribution is 7.99. The molecular weight excluding hydrogens is 413 g/mol. The number of nitrogens with one attached hydrogen (secondary N) is 1. The summed E-state index contributed by atoms with van der Waals surface area (Å²) in [4.78, 5) is 14.9. The van der Waals surface area contributed by atoms with Crippen LogP contribution in [0.2, 0.25) is 0 Å². The van der Waals surface area contributed by atoms with Gasteiger partial charge in [0.05, 0.1) is 0 Å². The third-order valence-electron chi connectivity index (χ3n) is 4.76. The lowest BCUT2D eigenvalue weighted by molar-refractivity contribution is -0.117. The van der Waals surface area contributed by atoms with E-state index in [0.29, 0.717) is 0 Å². The molecule has 3 rings (SSSR count). The van der Waals surface area contributed by atoms with Crippen LogP contribution in [-0.2, 0) is 11.2 Å². The fourth-order valence-electron chi connectivity index (χ4n) is 3.01. The quantitative estimate of drug-likeness (QED) is 0.708. The molecule has 1 saturated heterocycles. The van der Waals surface area contributed by atoms with Gasteiger partial charge in [0.1, 0.15) is 6.04 Å². The van der Waals surface area contributed by atoms with E-state index < -0.39 is 6.04 Å². The molecule has 1 atom stereocenters. The molecule has 4 nitrogen and oxygen atoms in total. The molecule has 0 aliphatic carbocycles. The first-order chi connectivity index (χ1) is 12.6. The fraction of sp³-hybridized carbons (Fsp3) is 0.381. The third-order valence-corrected chi connectivity index (χ3v) is 5.70. The molecule has 1 amide bonds. The van der Waals surface area contributed by atoms with E-state index in [4.69, 9.17) is 5.73 Å². The van der Waals surface area contributed by atoms with E-state index in [-0.39, 0.29) is 30.7 Å². The highest BCUT2D eigenvalue weighted by Gasteiger charge is 2.16. The summed E-state index contributed by atoms with van der Waals surface area (Å²) in [5.74, 6) is 2.30. The van der Waals surface area contributed by atoms with E-state index in [0.717, 1.165) is 29.8 Å². The highest BCUT2D eigenvalue weighted by Crippen LogP contribution is 2.16. The predicted molar refractivity (Wildman–Crippen MR) is 125 cm³/mol. The Labute approximate surface area is 184 Å². The summed E-state index contributed by atoms with van der Waals surface area (Å²) >= 11 is 2.04. The van der Waals surface area contributed by atoms with Gasteiger partial charge in [-0.2, -0.15) is 11.8 Å². The summed E-state index contributed by atoms with van der Waals surface area (Å²) < 4.78 is 0. The Morgan fingerprint density at radius 1 is 1.07 bits per heavy atom. The number of anilines is 1. The van der Waals surface area contributed by atoms with Crippen LogP contribution in [0.3, 0.4) is 0 Å². The number of amides is 1. The average molecular weight is 442 g/mol. The topological polar surface area (TPSA) is 58.4 Å². The molecule has 154 valence electrons. The second-order valence-electron chi connectivity index (χ2n) is 6.78. The van der Waals surface area contributed by atoms with Gasteiger partial charge in [-0.3, -0.25) is 4.79 Å². The minimum absolute atomic E-state index is 0. The SMILES string of the molecule is Cc1ccc(C(N)C(=O)Nc2ccc(CCN3CCSCC3)cc2)cc1.Cl.Cl. The molecule has 0 saturated carbocycles. The van der Waals surface area contributed by atoms with Crippen molar-refractivity contribution in [2.24, 2.45) is 5.73 Å². The van der Waals surface area contributed by atoms with Crippen LogP contribution in [-0.4, -0.2) is 41.9 Å². The Balaban J connectivity index is 0.00000196. The fourth-order valence-corrected chi connectivity index (χ4v) is 3.99. The predicted octanol–water partition coefficient (Wildman–Crippen LogP) is 4.07.